The molecule has 0 heterocycles. The van der Waals surface area contributed by atoms with Gasteiger partial charge in [-0.2, -0.15) is 0 Å². The molecule has 0 aromatic rings. The van der Waals surface area contributed by atoms with Crippen LogP contribution in [0.3, 0.4) is 0 Å². The fourth-order valence-corrected chi connectivity index (χ4v) is 1.73. The van der Waals surface area contributed by atoms with Gasteiger partial charge in [-0.15, -0.1) is 0 Å². The van der Waals surface area contributed by atoms with Crippen LogP contribution >= 0.6 is 15.9 Å². The molecule has 4 heteroatoms. The number of ether oxygens (including phenoxy) is 2. The first-order valence-electron chi connectivity index (χ1n) is 5.95. The predicted molar refractivity (Wildman–Crippen MR) is 68.9 cm³/mol. The third kappa shape index (κ3) is 8.11. The van der Waals surface area contributed by atoms with E-state index in [4.69, 9.17) is 4.74 Å². The first-order valence-corrected chi connectivity index (χ1v) is 6.86. The van der Waals surface area contributed by atoms with Crippen molar-refractivity contribution in [2.45, 2.75) is 56.9 Å². The van der Waals surface area contributed by atoms with Crippen molar-refractivity contribution in [2.75, 3.05) is 13.7 Å². The van der Waals surface area contributed by atoms with Crippen LogP contribution in [0.5, 0.6) is 0 Å². The van der Waals surface area contributed by atoms with Crippen molar-refractivity contribution in [3.05, 3.63) is 0 Å². The molecule has 0 aromatic heterocycles. The second-order valence-electron chi connectivity index (χ2n) is 3.98. The molecule has 0 saturated heterocycles. The van der Waals surface area contributed by atoms with E-state index in [0.717, 1.165) is 6.42 Å². The summed E-state index contributed by atoms with van der Waals surface area (Å²) in [5, 5.41) is 0. The van der Waals surface area contributed by atoms with E-state index >= 15 is 0 Å². The smallest absolute Gasteiger partial charge is 0.321 e. The molecule has 0 aliphatic heterocycles. The largest absolute Gasteiger partial charge is 0.468 e. The van der Waals surface area contributed by atoms with Crippen LogP contribution in [0.4, 0.5) is 0 Å². The summed E-state index contributed by atoms with van der Waals surface area (Å²) >= 11 is 3.23. The zero-order chi connectivity index (χ0) is 12.4. The van der Waals surface area contributed by atoms with Crippen LogP contribution in [0.15, 0.2) is 0 Å². The molecule has 2 unspecified atom stereocenters. The number of alkyl halides is 1. The Morgan fingerprint density at radius 2 is 2.00 bits per heavy atom. The average molecular weight is 295 g/mol. The quantitative estimate of drug-likeness (QED) is 0.372. The van der Waals surface area contributed by atoms with Gasteiger partial charge in [0.2, 0.25) is 0 Å². The van der Waals surface area contributed by atoms with Gasteiger partial charge in [-0.25, -0.2) is 0 Å². The predicted octanol–water partition coefficient (Wildman–Crippen LogP) is 3.30. The number of carbonyl (C=O) groups is 1. The maximum Gasteiger partial charge on any atom is 0.321 e. The minimum absolute atomic E-state index is 0.210. The lowest BCUT2D eigenvalue weighted by molar-refractivity contribution is -0.141. The molecule has 96 valence electrons. The van der Waals surface area contributed by atoms with Crippen LogP contribution in [0.2, 0.25) is 0 Å². The summed E-state index contributed by atoms with van der Waals surface area (Å²) in [6, 6.07) is 0. The van der Waals surface area contributed by atoms with Crippen molar-refractivity contribution in [2.24, 2.45) is 0 Å². The molecule has 0 spiro atoms. The van der Waals surface area contributed by atoms with Gasteiger partial charge in [0, 0.05) is 0 Å². The minimum Gasteiger partial charge on any atom is -0.468 e. The molecular weight excluding hydrogens is 272 g/mol. The molecule has 0 bridgehead atoms. The summed E-state index contributed by atoms with van der Waals surface area (Å²) < 4.78 is 10.2. The topological polar surface area (TPSA) is 35.5 Å². The van der Waals surface area contributed by atoms with E-state index in [1.807, 2.05) is 6.92 Å². The van der Waals surface area contributed by atoms with Crippen LogP contribution in [-0.2, 0) is 14.3 Å². The minimum atomic E-state index is -0.351. The van der Waals surface area contributed by atoms with Gasteiger partial charge in [-0.1, -0.05) is 48.5 Å². The summed E-state index contributed by atoms with van der Waals surface area (Å²) in [7, 11) is 1.38. The molecule has 0 aliphatic carbocycles. The van der Waals surface area contributed by atoms with Crippen molar-refractivity contribution in [3.8, 4) is 0 Å². The second kappa shape index (κ2) is 10.1. The summed E-state index contributed by atoms with van der Waals surface area (Å²) in [6.45, 7) is 4.62. The van der Waals surface area contributed by atoms with E-state index < -0.39 is 0 Å². The molecule has 0 radical (unpaired) electrons. The van der Waals surface area contributed by atoms with Gasteiger partial charge in [-0.3, -0.25) is 4.79 Å². The maximum atomic E-state index is 11.1. The van der Waals surface area contributed by atoms with Crippen molar-refractivity contribution >= 4 is 21.9 Å². The summed E-state index contributed by atoms with van der Waals surface area (Å²) in [5.41, 5.74) is 0. The number of unbranched alkanes of at least 4 members (excludes halogenated alkanes) is 3. The normalized spacial score (nSPS) is 14.5. The SMILES string of the molecule is CCCCCCC(C)OCC(Br)C(=O)OC. The molecule has 0 aliphatic rings. The Bertz CT molecular complexity index is 185. The second-order valence-corrected chi connectivity index (χ2v) is 5.09. The van der Waals surface area contributed by atoms with Crippen molar-refractivity contribution < 1.29 is 14.3 Å². The fraction of sp³-hybridized carbons (Fsp3) is 0.917. The monoisotopic (exact) mass is 294 g/mol. The Labute approximate surface area is 107 Å². The number of hydrogen-bond donors (Lipinski definition) is 0. The molecule has 3 nitrogen and oxygen atoms in total. The van der Waals surface area contributed by atoms with Crippen LogP contribution in [0.1, 0.15) is 46.0 Å². The van der Waals surface area contributed by atoms with Gasteiger partial charge < -0.3 is 9.47 Å². The highest BCUT2D eigenvalue weighted by molar-refractivity contribution is 9.10. The number of methoxy groups -OCH3 is 1. The summed E-state index contributed by atoms with van der Waals surface area (Å²) in [4.78, 5) is 10.7. The highest BCUT2D eigenvalue weighted by Crippen LogP contribution is 2.10. The van der Waals surface area contributed by atoms with Crippen molar-refractivity contribution in [3.63, 3.8) is 0 Å². The van der Waals surface area contributed by atoms with Crippen LogP contribution in [0.25, 0.3) is 0 Å². The molecule has 0 N–H and O–H groups in total. The number of rotatable bonds is 9. The Hall–Kier alpha value is -0.0900. The summed E-state index contributed by atoms with van der Waals surface area (Å²) in [6.07, 6.45) is 6.26. The number of hydrogen-bond acceptors (Lipinski definition) is 3. The lowest BCUT2D eigenvalue weighted by Crippen LogP contribution is -2.24. The zero-order valence-corrected chi connectivity index (χ0v) is 12.1. The molecule has 2 atom stereocenters. The molecule has 0 rings (SSSR count). The van der Waals surface area contributed by atoms with E-state index in [9.17, 15) is 4.79 Å². The third-order valence-electron chi connectivity index (χ3n) is 2.45. The fourth-order valence-electron chi connectivity index (χ4n) is 1.39. The van der Waals surface area contributed by atoms with E-state index in [-0.39, 0.29) is 16.9 Å². The molecule has 16 heavy (non-hydrogen) atoms. The van der Waals surface area contributed by atoms with Crippen molar-refractivity contribution in [1.29, 1.82) is 0 Å². The first kappa shape index (κ1) is 15.9. The first-order chi connectivity index (χ1) is 7.61. The third-order valence-corrected chi connectivity index (χ3v) is 3.09. The molecule has 0 aromatic carbocycles. The Balaban J connectivity index is 3.49. The zero-order valence-electron chi connectivity index (χ0n) is 10.5. The van der Waals surface area contributed by atoms with Crippen molar-refractivity contribution in [1.82, 2.24) is 0 Å². The molecule has 0 amide bonds. The molecule has 0 saturated carbocycles. The van der Waals surface area contributed by atoms with Crippen LogP contribution in [0, 0.1) is 0 Å². The van der Waals surface area contributed by atoms with Gasteiger partial charge in [0.1, 0.15) is 4.83 Å². The van der Waals surface area contributed by atoms with E-state index in [1.54, 1.807) is 0 Å². The lowest BCUT2D eigenvalue weighted by atomic mass is 10.1. The highest BCUT2D eigenvalue weighted by Gasteiger charge is 2.16. The Morgan fingerprint density at radius 3 is 2.56 bits per heavy atom. The molecule has 0 fully saturated rings. The number of halogens is 1. The van der Waals surface area contributed by atoms with Gasteiger partial charge in [0.05, 0.1) is 19.8 Å². The van der Waals surface area contributed by atoms with Gasteiger partial charge in [0.25, 0.3) is 0 Å². The standard InChI is InChI=1S/C12H23BrO3/c1-4-5-6-7-8-10(2)16-9-11(13)12(14)15-3/h10-11H,4-9H2,1-3H3. The Kier molecular flexibility index (Phi) is 10.0. The van der Waals surface area contributed by atoms with Gasteiger partial charge >= 0.3 is 5.97 Å². The highest BCUT2D eigenvalue weighted by atomic mass is 79.9. The van der Waals surface area contributed by atoms with Crippen LogP contribution < -0.4 is 0 Å². The summed E-state index contributed by atoms with van der Waals surface area (Å²) in [5.74, 6) is -0.279. The van der Waals surface area contributed by atoms with E-state index in [0.29, 0.717) is 6.61 Å². The van der Waals surface area contributed by atoms with Crippen LogP contribution in [-0.4, -0.2) is 30.6 Å². The number of carbonyl (C=O) groups excluding carboxylic acids is 1. The lowest BCUT2D eigenvalue weighted by Gasteiger charge is -2.14. The van der Waals surface area contributed by atoms with E-state index in [1.165, 1.54) is 32.8 Å². The van der Waals surface area contributed by atoms with E-state index in [2.05, 4.69) is 27.6 Å². The van der Waals surface area contributed by atoms with Gasteiger partial charge in [-0.05, 0) is 13.3 Å². The van der Waals surface area contributed by atoms with Gasteiger partial charge in [0.15, 0.2) is 0 Å². The number of esters is 1. The average Bonchev–Trinajstić information content (AvgIpc) is 2.30. The Morgan fingerprint density at radius 1 is 1.31 bits per heavy atom. The molecular formula is C12H23BrO3. The maximum absolute atomic E-state index is 11.1.